The molecule has 1 aromatic carbocycles. The minimum Gasteiger partial charge on any atom is -0.0613 e. The van der Waals surface area contributed by atoms with Crippen LogP contribution in [0.1, 0.15) is 67.2 Å². The van der Waals surface area contributed by atoms with E-state index < -0.39 is 0 Å². The number of aryl methyl sites for hydroxylation is 3. The predicted octanol–water partition coefficient (Wildman–Crippen LogP) is 4.91. The van der Waals surface area contributed by atoms with Crippen molar-refractivity contribution in [2.75, 3.05) is 0 Å². The molecule has 1 saturated carbocycles. The minimum absolute atomic E-state index is 0.847. The molecule has 1 aromatic rings. The highest BCUT2D eigenvalue weighted by Gasteiger charge is 2.17. The van der Waals surface area contributed by atoms with Crippen LogP contribution in [0.4, 0.5) is 0 Å². The molecular weight excluding hydrogens is 192 g/mol. The maximum atomic E-state index is 2.49. The minimum atomic E-state index is 0.847. The van der Waals surface area contributed by atoms with Gasteiger partial charge in [-0.05, 0) is 61.3 Å². The summed E-state index contributed by atoms with van der Waals surface area (Å²) in [5, 5.41) is 0. The van der Waals surface area contributed by atoms with Gasteiger partial charge in [0.1, 0.15) is 0 Å². The van der Waals surface area contributed by atoms with E-state index in [0.29, 0.717) is 0 Å². The summed E-state index contributed by atoms with van der Waals surface area (Å²) >= 11 is 0. The van der Waals surface area contributed by atoms with Gasteiger partial charge in [-0.15, -0.1) is 0 Å². The number of benzene rings is 1. The summed E-state index contributed by atoms with van der Waals surface area (Å²) in [6.07, 6.45) is 8.30. The van der Waals surface area contributed by atoms with E-state index in [1.807, 2.05) is 0 Å². The first kappa shape index (κ1) is 11.7. The van der Waals surface area contributed by atoms with E-state index in [0.717, 1.165) is 5.92 Å². The van der Waals surface area contributed by atoms with Gasteiger partial charge in [-0.25, -0.2) is 0 Å². The van der Waals surface area contributed by atoms with Gasteiger partial charge in [-0.1, -0.05) is 38.3 Å². The molecule has 0 amide bonds. The van der Waals surface area contributed by atoms with E-state index in [1.165, 1.54) is 49.7 Å². The third kappa shape index (κ3) is 2.31. The molecule has 0 nitrogen and oxygen atoms in total. The Bertz CT molecular complexity index is 357. The molecule has 0 aromatic heterocycles. The molecule has 0 atom stereocenters. The summed E-state index contributed by atoms with van der Waals surface area (Å²) in [5.41, 5.74) is 6.18. The van der Waals surface area contributed by atoms with Crippen LogP contribution in [0.15, 0.2) is 12.1 Å². The van der Waals surface area contributed by atoms with Crippen LogP contribution >= 0.6 is 0 Å². The highest BCUT2D eigenvalue weighted by molar-refractivity contribution is 5.39. The van der Waals surface area contributed by atoms with E-state index in [-0.39, 0.29) is 0 Å². The van der Waals surface area contributed by atoms with Gasteiger partial charge >= 0.3 is 0 Å². The second-order valence-electron chi connectivity index (χ2n) is 5.32. The van der Waals surface area contributed by atoms with Crippen LogP contribution in [0.3, 0.4) is 0 Å². The van der Waals surface area contributed by atoms with Gasteiger partial charge in [0, 0.05) is 0 Å². The lowest BCUT2D eigenvalue weighted by atomic mass is 9.81. The average Bonchev–Trinajstić information content (AvgIpc) is 2.30. The SMILES string of the molecule is CCc1cc(C2CCCCC2)c(C)cc1C. The second kappa shape index (κ2) is 5.03. The normalized spacial score (nSPS) is 17.7. The fraction of sp³-hybridized carbons (Fsp3) is 0.625. The van der Waals surface area contributed by atoms with Crippen LogP contribution in [0.2, 0.25) is 0 Å². The summed E-state index contributed by atoms with van der Waals surface area (Å²) in [7, 11) is 0. The lowest BCUT2D eigenvalue weighted by Gasteiger charge is -2.24. The zero-order valence-corrected chi connectivity index (χ0v) is 11.0. The van der Waals surface area contributed by atoms with Crippen molar-refractivity contribution in [1.29, 1.82) is 0 Å². The van der Waals surface area contributed by atoms with Crippen molar-refractivity contribution in [3.05, 3.63) is 34.4 Å². The van der Waals surface area contributed by atoms with Crippen LogP contribution in [-0.2, 0) is 6.42 Å². The topological polar surface area (TPSA) is 0 Å². The highest BCUT2D eigenvalue weighted by Crippen LogP contribution is 2.35. The van der Waals surface area contributed by atoms with Crippen LogP contribution in [-0.4, -0.2) is 0 Å². The van der Waals surface area contributed by atoms with Gasteiger partial charge in [0.15, 0.2) is 0 Å². The van der Waals surface area contributed by atoms with Gasteiger partial charge in [-0.2, -0.15) is 0 Å². The fourth-order valence-corrected chi connectivity index (χ4v) is 3.15. The summed E-state index contributed by atoms with van der Waals surface area (Å²) in [6.45, 7) is 6.80. The number of hydrogen-bond donors (Lipinski definition) is 0. The van der Waals surface area contributed by atoms with E-state index in [2.05, 4.69) is 32.9 Å². The molecule has 1 aliphatic rings. The molecule has 0 unspecified atom stereocenters. The number of hydrogen-bond acceptors (Lipinski definition) is 0. The Morgan fingerprint density at radius 2 is 1.69 bits per heavy atom. The lowest BCUT2D eigenvalue weighted by Crippen LogP contribution is -2.07. The van der Waals surface area contributed by atoms with Crippen molar-refractivity contribution >= 4 is 0 Å². The molecule has 0 N–H and O–H groups in total. The van der Waals surface area contributed by atoms with E-state index in [9.17, 15) is 0 Å². The summed E-state index contributed by atoms with van der Waals surface area (Å²) in [6, 6.07) is 4.88. The van der Waals surface area contributed by atoms with Crippen molar-refractivity contribution in [1.82, 2.24) is 0 Å². The molecule has 0 heteroatoms. The van der Waals surface area contributed by atoms with Crippen molar-refractivity contribution in [2.24, 2.45) is 0 Å². The monoisotopic (exact) mass is 216 g/mol. The molecule has 0 bridgehead atoms. The molecule has 2 rings (SSSR count). The van der Waals surface area contributed by atoms with Gasteiger partial charge in [0.2, 0.25) is 0 Å². The third-order valence-electron chi connectivity index (χ3n) is 4.15. The molecule has 1 fully saturated rings. The second-order valence-corrected chi connectivity index (χ2v) is 5.32. The van der Waals surface area contributed by atoms with Crippen LogP contribution in [0, 0.1) is 13.8 Å². The maximum Gasteiger partial charge on any atom is -0.0159 e. The van der Waals surface area contributed by atoms with Crippen LogP contribution in [0.25, 0.3) is 0 Å². The standard InChI is InChI=1S/C16H24/c1-4-14-11-16(13(3)10-12(14)2)15-8-6-5-7-9-15/h10-11,15H,4-9H2,1-3H3. The molecule has 0 aliphatic heterocycles. The van der Waals surface area contributed by atoms with E-state index in [4.69, 9.17) is 0 Å². The predicted molar refractivity (Wildman–Crippen MR) is 71.1 cm³/mol. The Morgan fingerprint density at radius 3 is 2.31 bits per heavy atom. The molecule has 0 heterocycles. The smallest absolute Gasteiger partial charge is 0.0159 e. The van der Waals surface area contributed by atoms with Crippen molar-refractivity contribution in [3.63, 3.8) is 0 Å². The maximum absolute atomic E-state index is 2.49. The van der Waals surface area contributed by atoms with E-state index >= 15 is 0 Å². The van der Waals surface area contributed by atoms with Gasteiger partial charge < -0.3 is 0 Å². The van der Waals surface area contributed by atoms with Gasteiger partial charge in [-0.3, -0.25) is 0 Å². The first-order valence-corrected chi connectivity index (χ1v) is 6.82. The van der Waals surface area contributed by atoms with Crippen molar-refractivity contribution in [2.45, 2.75) is 65.2 Å². The van der Waals surface area contributed by atoms with Crippen molar-refractivity contribution in [3.8, 4) is 0 Å². The summed E-state index contributed by atoms with van der Waals surface area (Å²) in [4.78, 5) is 0. The Kier molecular flexibility index (Phi) is 3.68. The Morgan fingerprint density at radius 1 is 1.00 bits per heavy atom. The van der Waals surface area contributed by atoms with Crippen LogP contribution in [0.5, 0.6) is 0 Å². The molecule has 88 valence electrons. The first-order valence-electron chi connectivity index (χ1n) is 6.82. The average molecular weight is 216 g/mol. The number of rotatable bonds is 2. The highest BCUT2D eigenvalue weighted by atomic mass is 14.2. The lowest BCUT2D eigenvalue weighted by molar-refractivity contribution is 0.442. The molecule has 0 radical (unpaired) electrons. The Hall–Kier alpha value is -0.780. The summed E-state index contributed by atoms with van der Waals surface area (Å²) in [5.74, 6) is 0.847. The quantitative estimate of drug-likeness (QED) is 0.658. The fourth-order valence-electron chi connectivity index (χ4n) is 3.15. The Balaban J connectivity index is 2.31. The van der Waals surface area contributed by atoms with E-state index in [1.54, 1.807) is 11.1 Å². The molecule has 16 heavy (non-hydrogen) atoms. The van der Waals surface area contributed by atoms with Gasteiger partial charge in [0.25, 0.3) is 0 Å². The third-order valence-corrected chi connectivity index (χ3v) is 4.15. The molecule has 0 spiro atoms. The zero-order chi connectivity index (χ0) is 11.5. The first-order chi connectivity index (χ1) is 7.72. The Labute approximate surface area is 100 Å². The largest absolute Gasteiger partial charge is 0.0613 e. The van der Waals surface area contributed by atoms with Gasteiger partial charge in [0.05, 0.1) is 0 Å². The summed E-state index contributed by atoms with van der Waals surface area (Å²) < 4.78 is 0. The van der Waals surface area contributed by atoms with Crippen LogP contribution < -0.4 is 0 Å². The molecule has 1 aliphatic carbocycles. The zero-order valence-electron chi connectivity index (χ0n) is 11.0. The molecule has 0 saturated heterocycles. The van der Waals surface area contributed by atoms with Crippen molar-refractivity contribution < 1.29 is 0 Å². The molecular formula is C16H24.